The standard InChI is InChI=1S/C24H25ClN2O2/c1-16-6-5-12-26-24(16)29-19-11-13-27(15-19)23-10-9-18(14-21(23)17(2)28)20-7-3-4-8-22(20)25/h3-10,12,14,17,19,28H,11,13,15H2,1-2H3. The number of anilines is 1. The Bertz CT molecular complexity index is 1010. The SMILES string of the molecule is Cc1cccnc1OC1CCN(c2ccc(-c3ccccc3Cl)cc2C(C)O)C1. The lowest BCUT2D eigenvalue weighted by Gasteiger charge is -2.24. The molecular weight excluding hydrogens is 384 g/mol. The number of aliphatic hydroxyl groups excluding tert-OH is 1. The molecule has 5 heteroatoms. The Labute approximate surface area is 176 Å². The van der Waals surface area contributed by atoms with Crippen LogP contribution >= 0.6 is 11.6 Å². The Morgan fingerprint density at radius 3 is 2.76 bits per heavy atom. The zero-order valence-corrected chi connectivity index (χ0v) is 17.4. The van der Waals surface area contributed by atoms with Crippen molar-refractivity contribution >= 4 is 17.3 Å². The van der Waals surface area contributed by atoms with E-state index in [2.05, 4.69) is 22.0 Å². The van der Waals surface area contributed by atoms with Gasteiger partial charge in [0.05, 0.1) is 12.6 Å². The predicted molar refractivity (Wildman–Crippen MR) is 118 cm³/mol. The minimum atomic E-state index is -0.578. The van der Waals surface area contributed by atoms with Gasteiger partial charge in [0.15, 0.2) is 0 Å². The normalized spacial score (nSPS) is 17.4. The van der Waals surface area contributed by atoms with Gasteiger partial charge in [-0.3, -0.25) is 0 Å². The second kappa shape index (κ2) is 8.44. The number of halogens is 1. The number of aliphatic hydroxyl groups is 1. The van der Waals surface area contributed by atoms with Crippen molar-refractivity contribution in [3.05, 3.63) is 76.9 Å². The molecule has 0 radical (unpaired) electrons. The van der Waals surface area contributed by atoms with Crippen molar-refractivity contribution in [3.63, 3.8) is 0 Å². The monoisotopic (exact) mass is 408 g/mol. The molecule has 150 valence electrons. The Morgan fingerprint density at radius 1 is 1.17 bits per heavy atom. The second-order valence-corrected chi connectivity index (χ2v) is 7.94. The molecule has 1 fully saturated rings. The van der Waals surface area contributed by atoms with Gasteiger partial charge >= 0.3 is 0 Å². The molecule has 2 atom stereocenters. The van der Waals surface area contributed by atoms with Gasteiger partial charge in [0.2, 0.25) is 5.88 Å². The number of aryl methyl sites for hydroxylation is 1. The van der Waals surface area contributed by atoms with E-state index in [-0.39, 0.29) is 6.10 Å². The van der Waals surface area contributed by atoms with E-state index in [1.165, 1.54) is 0 Å². The summed E-state index contributed by atoms with van der Waals surface area (Å²) < 4.78 is 6.13. The Kier molecular flexibility index (Phi) is 5.74. The largest absolute Gasteiger partial charge is 0.472 e. The number of ether oxygens (including phenoxy) is 1. The number of hydrogen-bond donors (Lipinski definition) is 1. The van der Waals surface area contributed by atoms with Gasteiger partial charge in [-0.2, -0.15) is 0 Å². The lowest BCUT2D eigenvalue weighted by molar-refractivity contribution is 0.199. The summed E-state index contributed by atoms with van der Waals surface area (Å²) in [5.41, 5.74) is 4.96. The molecule has 4 nitrogen and oxygen atoms in total. The molecule has 1 saturated heterocycles. The van der Waals surface area contributed by atoms with E-state index in [0.717, 1.165) is 47.5 Å². The fourth-order valence-electron chi connectivity index (χ4n) is 3.84. The molecule has 1 aromatic heterocycles. The van der Waals surface area contributed by atoms with E-state index >= 15 is 0 Å². The van der Waals surface area contributed by atoms with Crippen LogP contribution in [0, 0.1) is 6.92 Å². The minimum absolute atomic E-state index is 0.0775. The molecule has 0 amide bonds. The van der Waals surface area contributed by atoms with Gasteiger partial charge in [-0.15, -0.1) is 0 Å². The smallest absolute Gasteiger partial charge is 0.216 e. The van der Waals surface area contributed by atoms with E-state index in [4.69, 9.17) is 16.3 Å². The first kappa shape index (κ1) is 19.7. The maximum absolute atomic E-state index is 10.4. The molecule has 1 aliphatic heterocycles. The second-order valence-electron chi connectivity index (χ2n) is 7.53. The van der Waals surface area contributed by atoms with Crippen LogP contribution < -0.4 is 9.64 Å². The topological polar surface area (TPSA) is 45.6 Å². The Hall–Kier alpha value is -2.56. The first-order chi connectivity index (χ1) is 14.0. The molecule has 0 bridgehead atoms. The van der Waals surface area contributed by atoms with Crippen LogP contribution in [0.1, 0.15) is 30.6 Å². The molecule has 2 aromatic carbocycles. The minimum Gasteiger partial charge on any atom is -0.472 e. The number of pyridine rings is 1. The highest BCUT2D eigenvalue weighted by Gasteiger charge is 2.27. The molecule has 2 heterocycles. The number of rotatable bonds is 5. The van der Waals surface area contributed by atoms with Crippen LogP contribution in [-0.2, 0) is 0 Å². The van der Waals surface area contributed by atoms with Crippen LogP contribution in [-0.4, -0.2) is 29.3 Å². The summed E-state index contributed by atoms with van der Waals surface area (Å²) in [6, 6.07) is 17.9. The van der Waals surface area contributed by atoms with Crippen LogP contribution in [0.25, 0.3) is 11.1 Å². The molecule has 3 aromatic rings. The van der Waals surface area contributed by atoms with Crippen LogP contribution in [0.5, 0.6) is 5.88 Å². The molecular formula is C24H25ClN2O2. The zero-order chi connectivity index (χ0) is 20.4. The molecule has 1 N–H and O–H groups in total. The van der Waals surface area contributed by atoms with Gasteiger partial charge in [-0.25, -0.2) is 4.98 Å². The van der Waals surface area contributed by atoms with Gasteiger partial charge < -0.3 is 14.7 Å². The van der Waals surface area contributed by atoms with E-state index in [0.29, 0.717) is 10.9 Å². The highest BCUT2D eigenvalue weighted by Crippen LogP contribution is 2.36. The Balaban J connectivity index is 1.57. The van der Waals surface area contributed by atoms with Gasteiger partial charge in [-0.1, -0.05) is 41.9 Å². The third kappa shape index (κ3) is 4.24. The van der Waals surface area contributed by atoms with Crippen molar-refractivity contribution < 1.29 is 9.84 Å². The van der Waals surface area contributed by atoms with Crippen molar-refractivity contribution in [3.8, 4) is 17.0 Å². The average molecular weight is 409 g/mol. The fourth-order valence-corrected chi connectivity index (χ4v) is 4.08. The van der Waals surface area contributed by atoms with E-state index in [1.54, 1.807) is 13.1 Å². The molecule has 29 heavy (non-hydrogen) atoms. The lowest BCUT2D eigenvalue weighted by Crippen LogP contribution is -2.26. The quantitative estimate of drug-likeness (QED) is 0.612. The van der Waals surface area contributed by atoms with Crippen molar-refractivity contribution in [1.29, 1.82) is 0 Å². The number of aromatic nitrogens is 1. The first-order valence-corrected chi connectivity index (χ1v) is 10.3. The third-order valence-electron chi connectivity index (χ3n) is 5.39. The van der Waals surface area contributed by atoms with E-state index < -0.39 is 6.10 Å². The Morgan fingerprint density at radius 2 is 2.00 bits per heavy atom. The summed E-state index contributed by atoms with van der Waals surface area (Å²) in [7, 11) is 0. The van der Waals surface area contributed by atoms with E-state index in [1.807, 2.05) is 49.4 Å². The van der Waals surface area contributed by atoms with Crippen molar-refractivity contribution in [2.24, 2.45) is 0 Å². The van der Waals surface area contributed by atoms with Crippen molar-refractivity contribution in [2.45, 2.75) is 32.5 Å². The summed E-state index contributed by atoms with van der Waals surface area (Å²) in [6.07, 6.45) is 2.18. The molecule has 2 unspecified atom stereocenters. The van der Waals surface area contributed by atoms with E-state index in [9.17, 15) is 5.11 Å². The zero-order valence-electron chi connectivity index (χ0n) is 16.7. The first-order valence-electron chi connectivity index (χ1n) is 9.93. The molecule has 4 rings (SSSR count). The van der Waals surface area contributed by atoms with Crippen molar-refractivity contribution in [2.75, 3.05) is 18.0 Å². The summed E-state index contributed by atoms with van der Waals surface area (Å²) >= 11 is 6.37. The lowest BCUT2D eigenvalue weighted by atomic mass is 9.99. The maximum Gasteiger partial charge on any atom is 0.216 e. The molecule has 0 saturated carbocycles. The van der Waals surface area contributed by atoms with Gasteiger partial charge in [0, 0.05) is 46.6 Å². The summed E-state index contributed by atoms with van der Waals surface area (Å²) in [5.74, 6) is 0.698. The molecule has 0 aliphatic carbocycles. The average Bonchev–Trinajstić information content (AvgIpc) is 3.18. The van der Waals surface area contributed by atoms with Crippen molar-refractivity contribution in [1.82, 2.24) is 4.98 Å². The van der Waals surface area contributed by atoms with Gasteiger partial charge in [0.1, 0.15) is 6.10 Å². The number of hydrogen-bond acceptors (Lipinski definition) is 4. The van der Waals surface area contributed by atoms with Crippen LogP contribution in [0.4, 0.5) is 5.69 Å². The van der Waals surface area contributed by atoms with Crippen LogP contribution in [0.3, 0.4) is 0 Å². The maximum atomic E-state index is 10.4. The fraction of sp³-hybridized carbons (Fsp3) is 0.292. The number of benzene rings is 2. The third-order valence-corrected chi connectivity index (χ3v) is 5.72. The van der Waals surface area contributed by atoms with Crippen LogP contribution in [0.15, 0.2) is 60.8 Å². The van der Waals surface area contributed by atoms with Crippen LogP contribution in [0.2, 0.25) is 5.02 Å². The molecule has 1 aliphatic rings. The summed E-state index contributed by atoms with van der Waals surface area (Å²) in [6.45, 7) is 5.45. The molecule has 0 spiro atoms. The highest BCUT2D eigenvalue weighted by molar-refractivity contribution is 6.33. The van der Waals surface area contributed by atoms with Gasteiger partial charge in [-0.05, 0) is 43.7 Å². The number of nitrogens with zero attached hydrogens (tertiary/aromatic N) is 2. The highest BCUT2D eigenvalue weighted by atomic mass is 35.5. The summed E-state index contributed by atoms with van der Waals surface area (Å²) in [4.78, 5) is 6.62. The van der Waals surface area contributed by atoms with Gasteiger partial charge in [0.25, 0.3) is 0 Å². The predicted octanol–water partition coefficient (Wildman–Crippen LogP) is 5.42. The summed E-state index contributed by atoms with van der Waals surface area (Å²) in [5, 5.41) is 11.1.